The lowest BCUT2D eigenvalue weighted by Crippen LogP contribution is -2.37. The summed E-state index contributed by atoms with van der Waals surface area (Å²) in [5, 5.41) is 25.1. The normalized spacial score (nSPS) is 15.7. The van der Waals surface area contributed by atoms with Crippen LogP contribution in [0.5, 0.6) is 5.88 Å². The first-order chi connectivity index (χ1) is 15.1. The Labute approximate surface area is 183 Å². The van der Waals surface area contributed by atoms with Gasteiger partial charge in [-0.3, -0.25) is 14.3 Å². The Kier molecular flexibility index (Phi) is 6.70. The van der Waals surface area contributed by atoms with Crippen LogP contribution in [0.1, 0.15) is 11.8 Å². The van der Waals surface area contributed by atoms with E-state index < -0.39 is 5.91 Å². The number of rotatable bonds is 7. The van der Waals surface area contributed by atoms with Crippen molar-refractivity contribution in [1.82, 2.24) is 9.47 Å². The van der Waals surface area contributed by atoms with E-state index in [1.165, 1.54) is 11.3 Å². The summed E-state index contributed by atoms with van der Waals surface area (Å²) in [6.07, 6.45) is 0. The second-order valence-electron chi connectivity index (χ2n) is 7.01. The smallest absolute Gasteiger partial charge is 0.304 e. The molecule has 9 nitrogen and oxygen atoms in total. The monoisotopic (exact) mass is 441 g/mol. The van der Waals surface area contributed by atoms with Crippen LogP contribution in [0.3, 0.4) is 0 Å². The van der Waals surface area contributed by atoms with E-state index in [1.54, 1.807) is 11.5 Å². The van der Waals surface area contributed by atoms with Crippen molar-refractivity contribution in [3.8, 4) is 5.88 Å². The van der Waals surface area contributed by atoms with Gasteiger partial charge in [-0.25, -0.2) is 0 Å². The minimum Gasteiger partial charge on any atom is -0.493 e. The summed E-state index contributed by atoms with van der Waals surface area (Å²) in [5.41, 5.74) is 1.76. The summed E-state index contributed by atoms with van der Waals surface area (Å²) in [7, 11) is 0. The van der Waals surface area contributed by atoms with E-state index in [4.69, 9.17) is 9.57 Å². The molecule has 3 aromatic rings. The Morgan fingerprint density at radius 2 is 2.03 bits per heavy atom. The highest BCUT2D eigenvalue weighted by Gasteiger charge is 2.19. The van der Waals surface area contributed by atoms with E-state index >= 15 is 0 Å². The molecule has 1 fully saturated rings. The van der Waals surface area contributed by atoms with Crippen LogP contribution >= 0.6 is 11.3 Å². The molecule has 1 aromatic carbocycles. The quantitative estimate of drug-likeness (QED) is 0.342. The molecule has 1 N–H and O–H groups in total. The molecule has 31 heavy (non-hydrogen) atoms. The predicted octanol–water partition coefficient (Wildman–Crippen LogP) is 3.75. The van der Waals surface area contributed by atoms with Crippen LogP contribution in [0.2, 0.25) is 0 Å². The highest BCUT2D eigenvalue weighted by atomic mass is 32.1. The van der Waals surface area contributed by atoms with Gasteiger partial charge in [0.1, 0.15) is 0 Å². The fraction of sp³-hybridized carbons (Fsp3) is 0.333. The van der Waals surface area contributed by atoms with E-state index in [0.717, 1.165) is 28.9 Å². The summed E-state index contributed by atoms with van der Waals surface area (Å²) < 4.78 is 7.16. The molecule has 4 rings (SSSR count). The lowest BCUT2D eigenvalue weighted by atomic mass is 10.2. The molecule has 2 aromatic heterocycles. The topological polar surface area (TPSA) is 101 Å². The van der Waals surface area contributed by atoms with Crippen molar-refractivity contribution >= 4 is 39.5 Å². The largest absolute Gasteiger partial charge is 0.493 e. The van der Waals surface area contributed by atoms with Crippen LogP contribution < -0.4 is 0 Å². The Morgan fingerprint density at radius 1 is 1.23 bits per heavy atom. The number of thiophene rings is 1. The SMILES string of the molecule is C/C(=N\OCC(=O)N=Nc1c(O)n(CN2CCOCC2)c2ccccc12)c1cccs1. The Hall–Kier alpha value is -3.08. The maximum absolute atomic E-state index is 12.1. The van der Waals surface area contributed by atoms with Crippen molar-refractivity contribution in [1.29, 1.82) is 0 Å². The number of ether oxygens (including phenoxy) is 1. The molecule has 1 amide bonds. The van der Waals surface area contributed by atoms with Gasteiger partial charge in [-0.15, -0.1) is 21.6 Å². The first-order valence-electron chi connectivity index (χ1n) is 9.89. The molecule has 1 aliphatic rings. The number of amides is 1. The molecule has 1 aliphatic heterocycles. The molecule has 0 aliphatic carbocycles. The number of aromatic nitrogens is 1. The molecule has 162 valence electrons. The van der Waals surface area contributed by atoms with E-state index in [0.29, 0.717) is 25.6 Å². The van der Waals surface area contributed by atoms with Crippen LogP contribution in [0, 0.1) is 0 Å². The van der Waals surface area contributed by atoms with E-state index in [2.05, 4.69) is 20.3 Å². The number of morpholine rings is 1. The van der Waals surface area contributed by atoms with Crippen LogP contribution in [0.4, 0.5) is 5.69 Å². The number of para-hydroxylation sites is 1. The molecule has 1 saturated heterocycles. The third-order valence-corrected chi connectivity index (χ3v) is 5.87. The number of azo groups is 1. The van der Waals surface area contributed by atoms with Crippen molar-refractivity contribution in [2.24, 2.45) is 15.4 Å². The first kappa shape index (κ1) is 21.2. The minimum absolute atomic E-state index is 0.0308. The lowest BCUT2D eigenvalue weighted by molar-refractivity contribution is -0.122. The van der Waals surface area contributed by atoms with Gasteiger partial charge in [0.15, 0.2) is 12.3 Å². The van der Waals surface area contributed by atoms with E-state index in [9.17, 15) is 9.90 Å². The highest BCUT2D eigenvalue weighted by Crippen LogP contribution is 2.39. The number of hydrogen-bond donors (Lipinski definition) is 1. The van der Waals surface area contributed by atoms with Gasteiger partial charge in [-0.05, 0) is 24.4 Å². The minimum atomic E-state index is -0.591. The van der Waals surface area contributed by atoms with Crippen molar-refractivity contribution in [2.45, 2.75) is 13.6 Å². The Bertz CT molecular complexity index is 1100. The molecule has 0 bridgehead atoms. The zero-order valence-corrected chi connectivity index (χ0v) is 17.9. The van der Waals surface area contributed by atoms with Crippen LogP contribution in [-0.2, 0) is 21.0 Å². The van der Waals surface area contributed by atoms with Crippen LogP contribution in [0.15, 0.2) is 57.2 Å². The average molecular weight is 442 g/mol. The second kappa shape index (κ2) is 9.82. The van der Waals surface area contributed by atoms with Gasteiger partial charge in [-0.2, -0.15) is 0 Å². The molecule has 3 heterocycles. The van der Waals surface area contributed by atoms with Crippen molar-refractivity contribution in [2.75, 3.05) is 32.9 Å². The van der Waals surface area contributed by atoms with Crippen LogP contribution in [0.25, 0.3) is 10.9 Å². The van der Waals surface area contributed by atoms with Gasteiger partial charge in [0.2, 0.25) is 5.88 Å². The summed E-state index contributed by atoms with van der Waals surface area (Å²) in [6.45, 7) is 4.86. The summed E-state index contributed by atoms with van der Waals surface area (Å²) >= 11 is 1.54. The maximum Gasteiger partial charge on any atom is 0.304 e. The molecular weight excluding hydrogens is 418 g/mol. The number of nitrogens with zero attached hydrogens (tertiary/aromatic N) is 5. The zero-order valence-electron chi connectivity index (χ0n) is 17.1. The Balaban J connectivity index is 1.47. The number of fused-ring (bicyclic) bond motifs is 1. The number of oxime groups is 1. The molecule has 0 spiro atoms. The number of benzene rings is 1. The van der Waals surface area contributed by atoms with Gasteiger partial charge in [0.05, 0.1) is 36.0 Å². The van der Waals surface area contributed by atoms with Crippen molar-refractivity contribution in [3.05, 3.63) is 46.7 Å². The standard InChI is InChI=1S/C21H23N5O4S/c1-15(18-7-4-12-31-18)24-30-13-19(27)22-23-20-16-5-2-3-6-17(16)26(21(20)28)14-25-8-10-29-11-9-25/h2-7,12,28H,8-11,13-14H2,1H3/b23-22?,24-15+. The average Bonchev–Trinajstić information content (AvgIpc) is 3.41. The van der Waals surface area contributed by atoms with Gasteiger partial charge in [-0.1, -0.05) is 29.4 Å². The first-order valence-corrected chi connectivity index (χ1v) is 10.8. The fourth-order valence-electron chi connectivity index (χ4n) is 3.30. The molecule has 0 unspecified atom stereocenters. The molecule has 0 saturated carbocycles. The van der Waals surface area contributed by atoms with E-state index in [-0.39, 0.29) is 18.2 Å². The van der Waals surface area contributed by atoms with Gasteiger partial charge < -0.3 is 14.7 Å². The van der Waals surface area contributed by atoms with Gasteiger partial charge in [0, 0.05) is 18.5 Å². The highest BCUT2D eigenvalue weighted by molar-refractivity contribution is 7.12. The van der Waals surface area contributed by atoms with Crippen molar-refractivity contribution < 1.29 is 19.5 Å². The number of carbonyl (C=O) groups excluding carboxylic acids is 1. The van der Waals surface area contributed by atoms with Gasteiger partial charge >= 0.3 is 5.91 Å². The molecule has 0 atom stereocenters. The summed E-state index contributed by atoms with van der Waals surface area (Å²) in [5.74, 6) is -0.621. The summed E-state index contributed by atoms with van der Waals surface area (Å²) in [4.78, 5) is 20.3. The third kappa shape index (κ3) is 4.98. The van der Waals surface area contributed by atoms with Crippen molar-refractivity contribution in [3.63, 3.8) is 0 Å². The Morgan fingerprint density at radius 3 is 2.81 bits per heavy atom. The maximum atomic E-state index is 12.1. The lowest BCUT2D eigenvalue weighted by Gasteiger charge is -2.27. The number of carbonyl (C=O) groups is 1. The molecular formula is C21H23N5O4S. The molecule has 10 heteroatoms. The fourth-order valence-corrected chi connectivity index (χ4v) is 3.97. The number of aromatic hydroxyl groups is 1. The van der Waals surface area contributed by atoms with E-state index in [1.807, 2.05) is 41.8 Å². The number of hydrogen-bond acceptors (Lipinski definition) is 8. The van der Waals surface area contributed by atoms with Crippen LogP contribution in [-0.4, -0.2) is 59.1 Å². The predicted molar refractivity (Wildman–Crippen MR) is 118 cm³/mol. The van der Waals surface area contributed by atoms with Gasteiger partial charge in [0.25, 0.3) is 0 Å². The third-order valence-electron chi connectivity index (χ3n) is 4.89. The molecule has 0 radical (unpaired) electrons. The zero-order chi connectivity index (χ0) is 21.6. The summed E-state index contributed by atoms with van der Waals surface area (Å²) in [6, 6.07) is 11.3. The second-order valence-corrected chi connectivity index (χ2v) is 7.96.